The van der Waals surface area contributed by atoms with Crippen LogP contribution in [0.25, 0.3) is 0 Å². The highest BCUT2D eigenvalue weighted by Gasteiger charge is 2.19. The Labute approximate surface area is 116 Å². The molecule has 0 aliphatic heterocycles. The molecule has 1 unspecified atom stereocenters. The van der Waals surface area contributed by atoms with Crippen LogP contribution in [0, 0.1) is 0 Å². The first-order valence-electron chi connectivity index (χ1n) is 6.08. The van der Waals surface area contributed by atoms with Gasteiger partial charge in [0, 0.05) is 11.1 Å². The van der Waals surface area contributed by atoms with Crippen molar-refractivity contribution in [3.8, 4) is 0 Å². The summed E-state index contributed by atoms with van der Waals surface area (Å²) in [7, 11) is 0. The van der Waals surface area contributed by atoms with Crippen molar-refractivity contribution in [3.05, 3.63) is 23.4 Å². The summed E-state index contributed by atoms with van der Waals surface area (Å²) in [4.78, 5) is 26.1. The molecule has 20 heavy (non-hydrogen) atoms. The van der Waals surface area contributed by atoms with Crippen molar-refractivity contribution in [3.63, 3.8) is 0 Å². The standard InChI is InChI=1S/C13H19N3O4/c1-13(2,3)9-4-7(12(19)20)5-10(16-9)15-6-8(17)11(14)18/h4-5,8,17H,6H2,1-3H3,(H2,14,18)(H,15,16)(H,19,20). The molecule has 1 rings (SSSR count). The van der Waals surface area contributed by atoms with Gasteiger partial charge in [0.2, 0.25) is 5.91 Å². The molecule has 0 aliphatic rings. The smallest absolute Gasteiger partial charge is 0.335 e. The minimum atomic E-state index is -1.36. The summed E-state index contributed by atoms with van der Waals surface area (Å²) in [6, 6.07) is 2.84. The third kappa shape index (κ3) is 4.20. The molecule has 0 bridgehead atoms. The van der Waals surface area contributed by atoms with Crippen LogP contribution in [0.4, 0.5) is 5.82 Å². The molecule has 7 heteroatoms. The largest absolute Gasteiger partial charge is 0.478 e. The first kappa shape index (κ1) is 15.9. The predicted molar refractivity (Wildman–Crippen MR) is 73.6 cm³/mol. The lowest BCUT2D eigenvalue weighted by atomic mass is 9.91. The lowest BCUT2D eigenvalue weighted by Gasteiger charge is -2.20. The van der Waals surface area contributed by atoms with E-state index in [1.54, 1.807) is 0 Å². The van der Waals surface area contributed by atoms with E-state index in [0.717, 1.165) is 0 Å². The van der Waals surface area contributed by atoms with Crippen molar-refractivity contribution in [1.82, 2.24) is 4.98 Å². The number of hydrogen-bond acceptors (Lipinski definition) is 5. The van der Waals surface area contributed by atoms with Crippen molar-refractivity contribution >= 4 is 17.7 Å². The highest BCUT2D eigenvalue weighted by Crippen LogP contribution is 2.23. The van der Waals surface area contributed by atoms with Crippen LogP contribution in [0.3, 0.4) is 0 Å². The molecular formula is C13H19N3O4. The van der Waals surface area contributed by atoms with E-state index in [1.165, 1.54) is 12.1 Å². The second-order valence-corrected chi connectivity index (χ2v) is 5.48. The number of nitrogens with zero attached hydrogens (tertiary/aromatic N) is 1. The third-order valence-electron chi connectivity index (χ3n) is 2.65. The lowest BCUT2D eigenvalue weighted by Crippen LogP contribution is -2.34. The van der Waals surface area contributed by atoms with Gasteiger partial charge in [0.1, 0.15) is 11.9 Å². The van der Waals surface area contributed by atoms with E-state index in [1.807, 2.05) is 20.8 Å². The van der Waals surface area contributed by atoms with Crippen LogP contribution in [0.5, 0.6) is 0 Å². The Morgan fingerprint density at radius 2 is 2.00 bits per heavy atom. The van der Waals surface area contributed by atoms with Gasteiger partial charge < -0.3 is 21.3 Å². The number of aliphatic hydroxyl groups excluding tert-OH is 1. The number of rotatable bonds is 5. The molecule has 1 heterocycles. The number of aromatic carboxylic acids is 1. The van der Waals surface area contributed by atoms with Gasteiger partial charge in [0.05, 0.1) is 12.1 Å². The van der Waals surface area contributed by atoms with Gasteiger partial charge in [0.25, 0.3) is 0 Å². The number of nitrogens with two attached hydrogens (primary N) is 1. The summed E-state index contributed by atoms with van der Waals surface area (Å²) in [6.07, 6.45) is -1.36. The number of aromatic nitrogens is 1. The van der Waals surface area contributed by atoms with Crippen molar-refractivity contribution in [2.24, 2.45) is 5.73 Å². The zero-order valence-corrected chi connectivity index (χ0v) is 11.7. The topological polar surface area (TPSA) is 126 Å². The molecule has 0 radical (unpaired) electrons. The first-order chi connectivity index (χ1) is 9.11. The summed E-state index contributed by atoms with van der Waals surface area (Å²) >= 11 is 0. The van der Waals surface area contributed by atoms with Crippen LogP contribution in [-0.2, 0) is 10.2 Å². The van der Waals surface area contributed by atoms with Gasteiger partial charge in [-0.2, -0.15) is 0 Å². The fraction of sp³-hybridized carbons (Fsp3) is 0.462. The van der Waals surface area contributed by atoms with Gasteiger partial charge in [-0.1, -0.05) is 20.8 Å². The Hall–Kier alpha value is -2.15. The molecule has 1 aromatic heterocycles. The van der Waals surface area contributed by atoms with Gasteiger partial charge in [-0.15, -0.1) is 0 Å². The highest BCUT2D eigenvalue weighted by atomic mass is 16.4. The van der Waals surface area contributed by atoms with E-state index >= 15 is 0 Å². The Kier molecular flexibility index (Phi) is 4.67. The molecule has 0 aromatic carbocycles. The fourth-order valence-electron chi connectivity index (χ4n) is 1.43. The second kappa shape index (κ2) is 5.87. The molecule has 7 nitrogen and oxygen atoms in total. The fourth-order valence-corrected chi connectivity index (χ4v) is 1.43. The maximum absolute atomic E-state index is 11.1. The van der Waals surface area contributed by atoms with Crippen molar-refractivity contribution in [2.45, 2.75) is 32.3 Å². The Balaban J connectivity index is 3.04. The number of anilines is 1. The minimum Gasteiger partial charge on any atom is -0.478 e. The van der Waals surface area contributed by atoms with Crippen LogP contribution < -0.4 is 11.1 Å². The van der Waals surface area contributed by atoms with Gasteiger partial charge in [-0.3, -0.25) is 4.79 Å². The summed E-state index contributed by atoms with van der Waals surface area (Å²) in [5.74, 6) is -1.66. The minimum absolute atomic E-state index is 0.0842. The molecule has 5 N–H and O–H groups in total. The number of aliphatic hydroxyl groups is 1. The zero-order valence-electron chi connectivity index (χ0n) is 11.7. The molecule has 0 spiro atoms. The number of nitrogens with one attached hydrogen (secondary N) is 1. The van der Waals surface area contributed by atoms with Crippen molar-refractivity contribution in [2.75, 3.05) is 11.9 Å². The third-order valence-corrected chi connectivity index (χ3v) is 2.65. The molecule has 1 atom stereocenters. The quantitative estimate of drug-likeness (QED) is 0.616. The summed E-state index contributed by atoms with van der Waals surface area (Å²) in [6.45, 7) is 5.59. The van der Waals surface area contributed by atoms with Crippen LogP contribution >= 0.6 is 0 Å². The van der Waals surface area contributed by atoms with Gasteiger partial charge >= 0.3 is 5.97 Å². The number of pyridine rings is 1. The van der Waals surface area contributed by atoms with Gasteiger partial charge in [-0.05, 0) is 12.1 Å². The lowest BCUT2D eigenvalue weighted by molar-refractivity contribution is -0.125. The maximum atomic E-state index is 11.1. The Morgan fingerprint density at radius 3 is 2.45 bits per heavy atom. The average molecular weight is 281 g/mol. The number of carbonyl (C=O) groups excluding carboxylic acids is 1. The number of amides is 1. The monoisotopic (exact) mass is 281 g/mol. The second-order valence-electron chi connectivity index (χ2n) is 5.48. The number of carbonyl (C=O) groups is 2. The molecule has 110 valence electrons. The van der Waals surface area contributed by atoms with E-state index < -0.39 is 18.0 Å². The number of primary amides is 1. The predicted octanol–water partition coefficient (Wildman–Crippen LogP) is 0.335. The number of carboxylic acid groups (broad SMARTS) is 1. The molecular weight excluding hydrogens is 262 g/mol. The van der Waals surface area contributed by atoms with E-state index in [2.05, 4.69) is 10.3 Å². The highest BCUT2D eigenvalue weighted by molar-refractivity contribution is 5.88. The van der Waals surface area contributed by atoms with E-state index in [-0.39, 0.29) is 23.3 Å². The van der Waals surface area contributed by atoms with Crippen molar-refractivity contribution in [1.29, 1.82) is 0 Å². The van der Waals surface area contributed by atoms with Crippen LogP contribution in [-0.4, -0.2) is 39.7 Å². The van der Waals surface area contributed by atoms with Crippen LogP contribution in [0.2, 0.25) is 0 Å². The van der Waals surface area contributed by atoms with E-state index in [9.17, 15) is 14.7 Å². The number of carboxylic acids is 1. The molecule has 0 fully saturated rings. The molecule has 0 saturated carbocycles. The first-order valence-corrected chi connectivity index (χ1v) is 6.08. The molecule has 0 saturated heterocycles. The summed E-state index contributed by atoms with van der Waals surface area (Å²) in [5, 5.41) is 21.1. The van der Waals surface area contributed by atoms with Crippen LogP contribution in [0.1, 0.15) is 36.8 Å². The summed E-state index contributed by atoms with van der Waals surface area (Å²) < 4.78 is 0. The zero-order chi connectivity index (χ0) is 15.5. The maximum Gasteiger partial charge on any atom is 0.335 e. The van der Waals surface area contributed by atoms with E-state index in [4.69, 9.17) is 10.8 Å². The number of hydrogen-bond donors (Lipinski definition) is 4. The SMILES string of the molecule is CC(C)(C)c1cc(C(=O)O)cc(NCC(O)C(N)=O)n1. The average Bonchev–Trinajstić information content (AvgIpc) is 2.34. The molecule has 1 aromatic rings. The van der Waals surface area contributed by atoms with Crippen LogP contribution in [0.15, 0.2) is 12.1 Å². The Bertz CT molecular complexity index is 523. The van der Waals surface area contributed by atoms with Gasteiger partial charge in [0.15, 0.2) is 0 Å². The molecule has 0 aliphatic carbocycles. The normalized spacial score (nSPS) is 12.8. The van der Waals surface area contributed by atoms with Gasteiger partial charge in [-0.25, -0.2) is 9.78 Å². The summed E-state index contributed by atoms with van der Waals surface area (Å²) in [5.41, 5.74) is 5.28. The van der Waals surface area contributed by atoms with Crippen molar-refractivity contribution < 1.29 is 19.8 Å². The Morgan fingerprint density at radius 1 is 1.40 bits per heavy atom. The van der Waals surface area contributed by atoms with E-state index in [0.29, 0.717) is 5.69 Å². The molecule has 1 amide bonds.